The number of rotatable bonds is 6. The molecule has 2 N–H and O–H groups in total. The molecule has 0 bridgehead atoms. The minimum atomic E-state index is -1.25. The van der Waals surface area contributed by atoms with Gasteiger partial charge in [0.2, 0.25) is 5.79 Å². The fraction of sp³-hybridized carbons (Fsp3) is 0.897. The number of aliphatic hydroxyl groups excluding tert-OH is 1. The van der Waals surface area contributed by atoms with Crippen LogP contribution in [0.2, 0.25) is 0 Å². The third-order valence-electron chi connectivity index (χ3n) is 9.82. The highest BCUT2D eigenvalue weighted by molar-refractivity contribution is 5.81. The van der Waals surface area contributed by atoms with Crippen LogP contribution in [0, 0.1) is 17.8 Å². The van der Waals surface area contributed by atoms with Gasteiger partial charge in [0.25, 0.3) is 0 Å². The number of ether oxygens (including phenoxy) is 4. The largest absolute Gasteiger partial charge is 0.387 e. The first-order valence-corrected chi connectivity index (χ1v) is 14.2. The second-order valence-corrected chi connectivity index (χ2v) is 12.1. The van der Waals surface area contributed by atoms with Crippen molar-refractivity contribution in [2.75, 3.05) is 0 Å². The summed E-state index contributed by atoms with van der Waals surface area (Å²) >= 11 is 0. The van der Waals surface area contributed by atoms with Gasteiger partial charge in [-0.05, 0) is 70.4 Å². The minimum Gasteiger partial charge on any atom is -0.387 e. The van der Waals surface area contributed by atoms with Crippen molar-refractivity contribution >= 4 is 5.78 Å². The van der Waals surface area contributed by atoms with E-state index in [0.717, 1.165) is 12.8 Å². The average molecular weight is 509 g/mol. The number of hydrogen-bond donors (Lipinski definition) is 2. The van der Waals surface area contributed by atoms with E-state index in [-0.39, 0.29) is 41.8 Å². The highest BCUT2D eigenvalue weighted by Gasteiger charge is 2.62. The van der Waals surface area contributed by atoms with Crippen molar-refractivity contribution < 1.29 is 34.0 Å². The summed E-state index contributed by atoms with van der Waals surface area (Å²) in [5.74, 6) is -2.03. The lowest BCUT2D eigenvalue weighted by molar-refractivity contribution is -0.408. The number of aliphatic hydroxyl groups is 2. The lowest BCUT2D eigenvalue weighted by atomic mass is 9.76. The number of ketones is 1. The van der Waals surface area contributed by atoms with Crippen molar-refractivity contribution in [3.05, 3.63) is 12.2 Å². The predicted molar refractivity (Wildman–Crippen MR) is 136 cm³/mol. The van der Waals surface area contributed by atoms with Crippen LogP contribution in [0.3, 0.4) is 0 Å². The number of carbonyl (C=O) groups is 1. The SMILES string of the molecule is CCC(=O)[C@H](CC)C1OC2(C=C[C@H](O)[C@]3(CC[C@@](C)([C@H]4CC[C@](O)(CC)[C@H](C)O4)O3)O2)[C@H](C)C[C@@H]1C. The normalized spacial score (nSPS) is 50.0. The molecule has 0 aromatic rings. The van der Waals surface area contributed by atoms with Gasteiger partial charge in [0.15, 0.2) is 5.79 Å². The summed E-state index contributed by atoms with van der Waals surface area (Å²) in [6.07, 6.45) is 7.10. The number of Topliss-reactive ketones (excluding diaryl/α,β-unsaturated/α-hetero) is 1. The number of hydrogen-bond acceptors (Lipinski definition) is 7. The zero-order valence-corrected chi connectivity index (χ0v) is 23.3. The van der Waals surface area contributed by atoms with Gasteiger partial charge in [-0.2, -0.15) is 0 Å². The Bertz CT molecular complexity index is 845. The van der Waals surface area contributed by atoms with Gasteiger partial charge in [-0.3, -0.25) is 4.79 Å². The van der Waals surface area contributed by atoms with E-state index >= 15 is 0 Å². The average Bonchev–Trinajstić information content (AvgIpc) is 3.19. The first-order chi connectivity index (χ1) is 16.9. The van der Waals surface area contributed by atoms with Gasteiger partial charge in [-0.15, -0.1) is 0 Å². The monoisotopic (exact) mass is 508 g/mol. The van der Waals surface area contributed by atoms with Gasteiger partial charge in [0.05, 0.1) is 29.5 Å². The molecule has 36 heavy (non-hydrogen) atoms. The molecule has 0 aromatic carbocycles. The third kappa shape index (κ3) is 4.62. The summed E-state index contributed by atoms with van der Waals surface area (Å²) in [5.41, 5.74) is -1.48. The Balaban J connectivity index is 1.57. The molecule has 11 atom stereocenters. The lowest BCUT2D eigenvalue weighted by Crippen LogP contribution is -2.63. The molecule has 2 unspecified atom stereocenters. The summed E-state index contributed by atoms with van der Waals surface area (Å²) in [4.78, 5) is 12.8. The van der Waals surface area contributed by atoms with E-state index in [0.29, 0.717) is 38.5 Å². The van der Waals surface area contributed by atoms with Gasteiger partial charge in [0, 0.05) is 24.7 Å². The Morgan fingerprint density at radius 2 is 1.83 bits per heavy atom. The third-order valence-corrected chi connectivity index (χ3v) is 9.82. The molecule has 0 amide bonds. The molecule has 3 saturated heterocycles. The zero-order valence-electron chi connectivity index (χ0n) is 23.3. The van der Waals surface area contributed by atoms with E-state index in [1.807, 2.05) is 40.7 Å². The van der Waals surface area contributed by atoms with Gasteiger partial charge in [0.1, 0.15) is 11.9 Å². The van der Waals surface area contributed by atoms with Crippen LogP contribution in [0.5, 0.6) is 0 Å². The molecule has 0 aromatic heterocycles. The van der Waals surface area contributed by atoms with E-state index in [1.165, 1.54) is 0 Å². The molecular formula is C29H48O7. The summed E-state index contributed by atoms with van der Waals surface area (Å²) < 4.78 is 26.5. The van der Waals surface area contributed by atoms with Crippen LogP contribution >= 0.6 is 0 Å². The fourth-order valence-electron chi connectivity index (χ4n) is 7.11. The predicted octanol–water partition coefficient (Wildman–Crippen LogP) is 4.67. The van der Waals surface area contributed by atoms with Crippen molar-refractivity contribution in [3.8, 4) is 0 Å². The molecule has 7 heteroatoms. The first kappa shape index (κ1) is 28.2. The summed E-state index contributed by atoms with van der Waals surface area (Å²) in [6, 6.07) is 0. The molecule has 0 saturated carbocycles. The maximum absolute atomic E-state index is 12.8. The molecule has 0 radical (unpaired) electrons. The summed E-state index contributed by atoms with van der Waals surface area (Å²) in [7, 11) is 0. The fourth-order valence-corrected chi connectivity index (χ4v) is 7.11. The minimum absolute atomic E-state index is 0.0274. The molecule has 3 fully saturated rings. The smallest absolute Gasteiger partial charge is 0.202 e. The highest BCUT2D eigenvalue weighted by Crippen LogP contribution is 2.53. The Labute approximate surface area is 216 Å². The summed E-state index contributed by atoms with van der Waals surface area (Å²) in [5, 5.41) is 22.0. The number of carbonyl (C=O) groups excluding carboxylic acids is 1. The molecule has 4 aliphatic heterocycles. The molecule has 4 heterocycles. The van der Waals surface area contributed by atoms with Crippen molar-refractivity contribution in [1.82, 2.24) is 0 Å². The molecule has 4 aliphatic rings. The van der Waals surface area contributed by atoms with Crippen molar-refractivity contribution in [2.45, 2.75) is 147 Å². The van der Waals surface area contributed by atoms with E-state index in [4.69, 9.17) is 18.9 Å². The van der Waals surface area contributed by atoms with Crippen LogP contribution in [-0.4, -0.2) is 63.2 Å². The van der Waals surface area contributed by atoms with Crippen LogP contribution in [0.25, 0.3) is 0 Å². The van der Waals surface area contributed by atoms with E-state index < -0.39 is 28.9 Å². The maximum atomic E-state index is 12.8. The van der Waals surface area contributed by atoms with Crippen LogP contribution in [0.15, 0.2) is 12.2 Å². The lowest BCUT2D eigenvalue weighted by Gasteiger charge is -2.54. The Kier molecular flexibility index (Phi) is 7.87. The second-order valence-electron chi connectivity index (χ2n) is 12.1. The first-order valence-electron chi connectivity index (χ1n) is 14.2. The topological polar surface area (TPSA) is 94.5 Å². The van der Waals surface area contributed by atoms with Crippen LogP contribution in [-0.2, 0) is 23.7 Å². The Hall–Kier alpha value is -0.830. The molecule has 7 nitrogen and oxygen atoms in total. The molecule has 0 aliphatic carbocycles. The van der Waals surface area contributed by atoms with Gasteiger partial charge >= 0.3 is 0 Å². The van der Waals surface area contributed by atoms with Crippen molar-refractivity contribution in [3.63, 3.8) is 0 Å². The Morgan fingerprint density at radius 3 is 2.44 bits per heavy atom. The molecule has 4 rings (SSSR count). The van der Waals surface area contributed by atoms with Crippen molar-refractivity contribution in [2.24, 2.45) is 17.8 Å². The van der Waals surface area contributed by atoms with Gasteiger partial charge < -0.3 is 29.2 Å². The van der Waals surface area contributed by atoms with Crippen LogP contribution in [0.1, 0.15) is 99.8 Å². The van der Waals surface area contributed by atoms with Gasteiger partial charge in [-0.1, -0.05) is 34.6 Å². The molecule has 206 valence electrons. The van der Waals surface area contributed by atoms with Crippen LogP contribution < -0.4 is 0 Å². The second kappa shape index (κ2) is 10.0. The quantitative estimate of drug-likeness (QED) is 0.504. The van der Waals surface area contributed by atoms with E-state index in [2.05, 4.69) is 13.8 Å². The summed E-state index contributed by atoms with van der Waals surface area (Å²) in [6.45, 7) is 14.1. The highest BCUT2D eigenvalue weighted by atomic mass is 16.8. The molecule has 2 spiro atoms. The van der Waals surface area contributed by atoms with E-state index in [9.17, 15) is 15.0 Å². The van der Waals surface area contributed by atoms with Crippen LogP contribution in [0.4, 0.5) is 0 Å². The standard InChI is InChI=1S/C29H48O7/c1-8-21(22(30)9-2)25-18(4)17-19(5)28(34-25)14-11-23(31)29(36-28)16-15-26(7,35-29)24-12-13-27(32,10-3)20(6)33-24/h11,14,18-21,23-25,31-32H,8-10,12-13,15-17H2,1-7H3/t18-,19+,20-,21-,23-,24+,25?,26-,27+,28?,29-/m0/s1. The molecular weight excluding hydrogens is 460 g/mol. The van der Waals surface area contributed by atoms with Gasteiger partial charge in [-0.25, -0.2) is 0 Å². The Morgan fingerprint density at radius 1 is 1.11 bits per heavy atom. The van der Waals surface area contributed by atoms with Crippen molar-refractivity contribution in [1.29, 1.82) is 0 Å². The van der Waals surface area contributed by atoms with E-state index in [1.54, 1.807) is 6.08 Å². The zero-order chi connectivity index (χ0) is 26.5. The maximum Gasteiger partial charge on any atom is 0.202 e.